The van der Waals surface area contributed by atoms with Gasteiger partial charge in [-0.15, -0.1) is 0 Å². The molecule has 27 heavy (non-hydrogen) atoms. The van der Waals surface area contributed by atoms with Gasteiger partial charge in [-0.05, 0) is 25.0 Å². The van der Waals surface area contributed by atoms with Crippen molar-refractivity contribution in [2.24, 2.45) is 0 Å². The van der Waals surface area contributed by atoms with Gasteiger partial charge in [-0.25, -0.2) is 0 Å². The molecule has 0 aromatic heterocycles. The molecule has 1 aliphatic rings. The lowest BCUT2D eigenvalue weighted by Crippen LogP contribution is -2.47. The van der Waals surface area contributed by atoms with Crippen molar-refractivity contribution in [1.29, 1.82) is 0 Å². The maximum absolute atomic E-state index is 12.8. The summed E-state index contributed by atoms with van der Waals surface area (Å²) >= 11 is 0. The second kappa shape index (κ2) is 10.7. The Balaban J connectivity index is 1.83. The lowest BCUT2D eigenvalue weighted by atomic mass is 10.0. The number of likely N-dealkylation sites (tertiary alicyclic amines) is 1. The number of methoxy groups -OCH3 is 3. The van der Waals surface area contributed by atoms with Gasteiger partial charge in [0.25, 0.3) is 5.91 Å². The van der Waals surface area contributed by atoms with Gasteiger partial charge < -0.3 is 29.2 Å². The van der Waals surface area contributed by atoms with Crippen LogP contribution in [0.1, 0.15) is 23.2 Å². The van der Waals surface area contributed by atoms with Crippen molar-refractivity contribution in [1.82, 2.24) is 10.2 Å². The number of benzene rings is 1. The summed E-state index contributed by atoms with van der Waals surface area (Å²) < 4.78 is 20.5. The Morgan fingerprint density at radius 2 is 1.67 bits per heavy atom. The average molecular weight is 380 g/mol. The molecule has 1 saturated heterocycles. The Morgan fingerprint density at radius 1 is 1.04 bits per heavy atom. The lowest BCUT2D eigenvalue weighted by Gasteiger charge is -2.32. The molecule has 2 amide bonds. The van der Waals surface area contributed by atoms with E-state index < -0.39 is 0 Å². The molecule has 2 rings (SSSR count). The molecule has 1 N–H and O–H groups in total. The first kappa shape index (κ1) is 21.0. The summed E-state index contributed by atoms with van der Waals surface area (Å²) in [6, 6.07) is 5.19. The van der Waals surface area contributed by atoms with Gasteiger partial charge in [0.2, 0.25) is 5.91 Å². The molecule has 0 bridgehead atoms. The van der Waals surface area contributed by atoms with E-state index in [4.69, 9.17) is 18.9 Å². The zero-order chi connectivity index (χ0) is 19.6. The molecule has 0 spiro atoms. The number of rotatable bonds is 9. The fraction of sp³-hybridized carbons (Fsp3) is 0.579. The van der Waals surface area contributed by atoms with Crippen molar-refractivity contribution < 1.29 is 28.5 Å². The van der Waals surface area contributed by atoms with Gasteiger partial charge in [-0.2, -0.15) is 0 Å². The molecule has 8 heteroatoms. The van der Waals surface area contributed by atoms with E-state index in [9.17, 15) is 9.59 Å². The van der Waals surface area contributed by atoms with Gasteiger partial charge in [-0.3, -0.25) is 9.59 Å². The van der Waals surface area contributed by atoms with Crippen LogP contribution in [0.4, 0.5) is 0 Å². The van der Waals surface area contributed by atoms with E-state index in [-0.39, 0.29) is 24.5 Å². The number of carbonyl (C=O) groups is 2. The van der Waals surface area contributed by atoms with Crippen LogP contribution in [-0.2, 0) is 14.3 Å². The summed E-state index contributed by atoms with van der Waals surface area (Å²) in [7, 11) is 4.69. The monoisotopic (exact) mass is 380 g/mol. The minimum atomic E-state index is -0.145. The molecule has 1 aromatic carbocycles. The Bertz CT molecular complexity index is 606. The lowest BCUT2D eigenvalue weighted by molar-refractivity contribution is -0.127. The number of hydrogen-bond acceptors (Lipinski definition) is 6. The van der Waals surface area contributed by atoms with Crippen molar-refractivity contribution in [2.75, 3.05) is 54.2 Å². The zero-order valence-corrected chi connectivity index (χ0v) is 16.2. The number of amides is 2. The summed E-state index contributed by atoms with van der Waals surface area (Å²) in [4.78, 5) is 26.4. The topological polar surface area (TPSA) is 86.3 Å². The maximum atomic E-state index is 12.8. The van der Waals surface area contributed by atoms with Crippen LogP contribution >= 0.6 is 0 Å². The highest BCUT2D eigenvalue weighted by Gasteiger charge is 2.25. The van der Waals surface area contributed by atoms with Crippen LogP contribution in [0, 0.1) is 0 Å². The molecule has 0 saturated carbocycles. The van der Waals surface area contributed by atoms with E-state index in [1.54, 1.807) is 44.4 Å². The molecule has 1 aromatic rings. The van der Waals surface area contributed by atoms with Gasteiger partial charge in [0, 0.05) is 37.9 Å². The molecule has 150 valence electrons. The van der Waals surface area contributed by atoms with Gasteiger partial charge in [0.05, 0.1) is 27.4 Å². The van der Waals surface area contributed by atoms with E-state index in [0.29, 0.717) is 56.2 Å². The highest BCUT2D eigenvalue weighted by Crippen LogP contribution is 2.24. The van der Waals surface area contributed by atoms with E-state index in [1.807, 2.05) is 0 Å². The van der Waals surface area contributed by atoms with Gasteiger partial charge in [0.1, 0.15) is 18.1 Å². The summed E-state index contributed by atoms with van der Waals surface area (Å²) in [5.74, 6) is 0.940. The van der Waals surface area contributed by atoms with Crippen LogP contribution in [0.15, 0.2) is 18.2 Å². The highest BCUT2D eigenvalue weighted by atomic mass is 16.5. The van der Waals surface area contributed by atoms with E-state index in [2.05, 4.69) is 5.32 Å². The predicted octanol–water partition coefficient (Wildman–Crippen LogP) is 1.09. The van der Waals surface area contributed by atoms with Gasteiger partial charge >= 0.3 is 0 Å². The molecule has 0 radical (unpaired) electrons. The Kier molecular flexibility index (Phi) is 8.35. The summed E-state index contributed by atoms with van der Waals surface area (Å²) in [6.07, 6.45) is 1.41. The summed E-state index contributed by atoms with van der Waals surface area (Å²) in [6.45, 7) is 2.03. The number of carbonyl (C=O) groups excluding carboxylic acids is 2. The minimum absolute atomic E-state index is 0.0199. The number of piperidine rings is 1. The zero-order valence-electron chi connectivity index (χ0n) is 16.2. The van der Waals surface area contributed by atoms with Gasteiger partial charge in [0.15, 0.2) is 0 Å². The van der Waals surface area contributed by atoms with E-state index >= 15 is 0 Å². The standard InChI is InChI=1S/C19H28N2O6/c1-24-8-9-27-13-18(22)20-15-4-6-21(7-5-15)19(23)14-10-16(25-2)12-17(11-14)26-3/h10-12,15H,4-9,13H2,1-3H3,(H,20,22). The molecular weight excluding hydrogens is 352 g/mol. The maximum Gasteiger partial charge on any atom is 0.254 e. The fourth-order valence-electron chi connectivity index (χ4n) is 2.92. The van der Waals surface area contributed by atoms with Crippen LogP contribution in [0.5, 0.6) is 11.5 Å². The first-order chi connectivity index (χ1) is 13.1. The van der Waals surface area contributed by atoms with Gasteiger partial charge in [-0.1, -0.05) is 0 Å². The second-order valence-electron chi connectivity index (χ2n) is 6.28. The van der Waals surface area contributed by atoms with Crippen LogP contribution in [0.25, 0.3) is 0 Å². The minimum Gasteiger partial charge on any atom is -0.497 e. The fourth-order valence-corrected chi connectivity index (χ4v) is 2.92. The molecule has 0 unspecified atom stereocenters. The van der Waals surface area contributed by atoms with Crippen LogP contribution < -0.4 is 14.8 Å². The summed E-state index contributed by atoms with van der Waals surface area (Å²) in [5, 5.41) is 2.95. The van der Waals surface area contributed by atoms with Crippen molar-refractivity contribution >= 4 is 11.8 Å². The predicted molar refractivity (Wildman–Crippen MR) is 99.3 cm³/mol. The largest absolute Gasteiger partial charge is 0.497 e. The molecule has 1 heterocycles. The molecule has 0 aliphatic carbocycles. The molecule has 1 aliphatic heterocycles. The Labute approximate surface area is 159 Å². The third-order valence-corrected chi connectivity index (χ3v) is 4.41. The Morgan fingerprint density at radius 3 is 2.22 bits per heavy atom. The van der Waals surface area contributed by atoms with Crippen molar-refractivity contribution in [3.63, 3.8) is 0 Å². The van der Waals surface area contributed by atoms with Crippen LogP contribution in [-0.4, -0.2) is 77.0 Å². The first-order valence-corrected chi connectivity index (χ1v) is 8.95. The average Bonchev–Trinajstić information content (AvgIpc) is 2.70. The van der Waals surface area contributed by atoms with E-state index in [0.717, 1.165) is 0 Å². The third-order valence-electron chi connectivity index (χ3n) is 4.41. The first-order valence-electron chi connectivity index (χ1n) is 8.95. The normalized spacial score (nSPS) is 14.7. The number of nitrogens with zero attached hydrogens (tertiary/aromatic N) is 1. The number of nitrogens with one attached hydrogen (secondary N) is 1. The highest BCUT2D eigenvalue weighted by molar-refractivity contribution is 5.95. The Hall–Kier alpha value is -2.32. The number of hydrogen-bond donors (Lipinski definition) is 1. The molecular formula is C19H28N2O6. The smallest absolute Gasteiger partial charge is 0.254 e. The second-order valence-corrected chi connectivity index (χ2v) is 6.28. The van der Waals surface area contributed by atoms with E-state index in [1.165, 1.54) is 0 Å². The molecule has 0 atom stereocenters. The SMILES string of the molecule is COCCOCC(=O)NC1CCN(C(=O)c2cc(OC)cc(OC)c2)CC1. The molecule has 1 fully saturated rings. The quantitative estimate of drug-likeness (QED) is 0.646. The number of ether oxygens (including phenoxy) is 4. The van der Waals surface area contributed by atoms with Crippen molar-refractivity contribution in [2.45, 2.75) is 18.9 Å². The summed E-state index contributed by atoms with van der Waals surface area (Å²) in [5.41, 5.74) is 0.528. The van der Waals surface area contributed by atoms with Crippen molar-refractivity contribution in [3.05, 3.63) is 23.8 Å². The molecule has 8 nitrogen and oxygen atoms in total. The van der Waals surface area contributed by atoms with Crippen molar-refractivity contribution in [3.8, 4) is 11.5 Å². The third kappa shape index (κ3) is 6.41. The van der Waals surface area contributed by atoms with Crippen LogP contribution in [0.3, 0.4) is 0 Å². The van der Waals surface area contributed by atoms with Crippen LogP contribution in [0.2, 0.25) is 0 Å².